The highest BCUT2D eigenvalue weighted by Crippen LogP contribution is 2.21. The number of hydrogen-bond acceptors (Lipinski definition) is 4. The number of benzene rings is 1. The first-order chi connectivity index (χ1) is 12.1. The van der Waals surface area contributed by atoms with Crippen molar-refractivity contribution in [3.05, 3.63) is 29.8 Å². The number of amides is 4. The minimum absolute atomic E-state index is 0. The molecule has 2 fully saturated rings. The van der Waals surface area contributed by atoms with Crippen molar-refractivity contribution in [2.24, 2.45) is 5.92 Å². The second kappa shape index (κ2) is 9.00. The third-order valence-corrected chi connectivity index (χ3v) is 4.87. The number of carbonyl (C=O) groups is 3. The molecule has 0 bridgehead atoms. The number of piperidine rings is 1. The quantitative estimate of drug-likeness (QED) is 0.831. The summed E-state index contributed by atoms with van der Waals surface area (Å²) in [5.74, 6) is 0.416. The Bertz CT molecular complexity index is 657. The fourth-order valence-electron chi connectivity index (χ4n) is 3.41. The van der Waals surface area contributed by atoms with Gasteiger partial charge >= 0.3 is 6.03 Å². The van der Waals surface area contributed by atoms with Gasteiger partial charge in [-0.05, 0) is 56.6 Å². The van der Waals surface area contributed by atoms with E-state index in [1.165, 1.54) is 4.90 Å². The van der Waals surface area contributed by atoms with Crippen LogP contribution in [0.5, 0.6) is 0 Å². The topological polar surface area (TPSA) is 81.8 Å². The van der Waals surface area contributed by atoms with Crippen molar-refractivity contribution in [2.75, 3.05) is 38.1 Å². The number of urea groups is 1. The van der Waals surface area contributed by atoms with Gasteiger partial charge in [0, 0.05) is 37.3 Å². The molecule has 2 aliphatic heterocycles. The Morgan fingerprint density at radius 3 is 2.38 bits per heavy atom. The number of likely N-dealkylation sites (tertiary alicyclic amines) is 1. The summed E-state index contributed by atoms with van der Waals surface area (Å²) in [5.41, 5.74) is 1.32. The summed E-state index contributed by atoms with van der Waals surface area (Å²) >= 11 is 0. The standard InChI is InChI=1S/C18H24N4O3.ClH/c1-19-12-13-6-9-21(10-7-13)17(24)14-2-4-15(5-3-14)22-11-8-16(23)20-18(22)25;/h2-5,13,19H,6-12H2,1H3,(H,20,23,25);1H. The molecule has 0 spiro atoms. The van der Waals surface area contributed by atoms with Gasteiger partial charge in [0.1, 0.15) is 0 Å². The Morgan fingerprint density at radius 1 is 1.15 bits per heavy atom. The van der Waals surface area contributed by atoms with Crippen molar-refractivity contribution in [3.8, 4) is 0 Å². The summed E-state index contributed by atoms with van der Waals surface area (Å²) in [5, 5.41) is 5.49. The summed E-state index contributed by atoms with van der Waals surface area (Å²) < 4.78 is 0. The number of halogens is 1. The Kier molecular flexibility index (Phi) is 6.99. The number of anilines is 1. The van der Waals surface area contributed by atoms with Crippen molar-refractivity contribution < 1.29 is 14.4 Å². The number of nitrogens with zero attached hydrogens (tertiary/aromatic N) is 2. The third-order valence-electron chi connectivity index (χ3n) is 4.87. The molecule has 26 heavy (non-hydrogen) atoms. The van der Waals surface area contributed by atoms with E-state index < -0.39 is 6.03 Å². The van der Waals surface area contributed by atoms with E-state index in [0.717, 1.165) is 32.5 Å². The van der Waals surface area contributed by atoms with E-state index in [0.29, 0.717) is 23.7 Å². The zero-order valence-corrected chi connectivity index (χ0v) is 15.7. The van der Waals surface area contributed by atoms with Gasteiger partial charge in [-0.2, -0.15) is 0 Å². The van der Waals surface area contributed by atoms with Gasteiger partial charge in [-0.15, -0.1) is 12.4 Å². The van der Waals surface area contributed by atoms with Crippen LogP contribution in [0.3, 0.4) is 0 Å². The van der Waals surface area contributed by atoms with Gasteiger partial charge in [0.05, 0.1) is 0 Å². The minimum Gasteiger partial charge on any atom is -0.339 e. The first-order valence-corrected chi connectivity index (χ1v) is 8.74. The van der Waals surface area contributed by atoms with Crippen molar-refractivity contribution in [1.29, 1.82) is 0 Å². The van der Waals surface area contributed by atoms with Crippen LogP contribution in [0.15, 0.2) is 24.3 Å². The van der Waals surface area contributed by atoms with Crippen LogP contribution in [-0.4, -0.2) is 56.0 Å². The normalized spacial score (nSPS) is 18.3. The lowest BCUT2D eigenvalue weighted by Gasteiger charge is -2.32. The zero-order valence-electron chi connectivity index (χ0n) is 14.9. The van der Waals surface area contributed by atoms with E-state index in [1.807, 2.05) is 11.9 Å². The molecule has 8 heteroatoms. The maximum Gasteiger partial charge on any atom is 0.328 e. The van der Waals surface area contributed by atoms with Gasteiger partial charge in [-0.25, -0.2) is 4.79 Å². The molecule has 0 aromatic heterocycles. The SMILES string of the molecule is CNCC1CCN(C(=O)c2ccc(N3CCC(=O)NC3=O)cc2)CC1.Cl. The number of hydrogen-bond donors (Lipinski definition) is 2. The van der Waals surface area contributed by atoms with E-state index in [4.69, 9.17) is 0 Å². The predicted octanol–water partition coefficient (Wildman–Crippen LogP) is 1.63. The van der Waals surface area contributed by atoms with Crippen molar-refractivity contribution >= 4 is 35.9 Å². The van der Waals surface area contributed by atoms with Gasteiger partial charge in [0.2, 0.25) is 5.91 Å². The number of nitrogens with one attached hydrogen (secondary N) is 2. The average molecular weight is 381 g/mol. The van der Waals surface area contributed by atoms with E-state index in [-0.39, 0.29) is 30.6 Å². The minimum atomic E-state index is -0.415. The molecule has 142 valence electrons. The first-order valence-electron chi connectivity index (χ1n) is 8.74. The first kappa shape index (κ1) is 20.2. The smallest absolute Gasteiger partial charge is 0.328 e. The fraction of sp³-hybridized carbons (Fsp3) is 0.500. The monoisotopic (exact) mass is 380 g/mol. The number of imide groups is 1. The molecule has 2 N–H and O–H groups in total. The summed E-state index contributed by atoms with van der Waals surface area (Å²) in [7, 11) is 1.96. The largest absolute Gasteiger partial charge is 0.339 e. The molecule has 0 unspecified atom stereocenters. The second-order valence-electron chi connectivity index (χ2n) is 6.60. The zero-order chi connectivity index (χ0) is 17.8. The van der Waals surface area contributed by atoms with Crippen LogP contribution in [-0.2, 0) is 4.79 Å². The Morgan fingerprint density at radius 2 is 1.81 bits per heavy atom. The molecule has 4 amide bonds. The fourth-order valence-corrected chi connectivity index (χ4v) is 3.41. The second-order valence-corrected chi connectivity index (χ2v) is 6.60. The Balaban J connectivity index is 0.00000243. The molecular formula is C18H25ClN4O3. The summed E-state index contributed by atoms with van der Waals surface area (Å²) in [6.45, 7) is 2.92. The van der Waals surface area contributed by atoms with Gasteiger partial charge in [0.15, 0.2) is 0 Å². The molecule has 3 rings (SSSR count). The van der Waals surface area contributed by atoms with E-state index >= 15 is 0 Å². The number of carbonyl (C=O) groups excluding carboxylic acids is 3. The maximum absolute atomic E-state index is 12.6. The van der Waals surface area contributed by atoms with Crippen LogP contribution >= 0.6 is 12.4 Å². The maximum atomic E-state index is 12.6. The molecule has 7 nitrogen and oxygen atoms in total. The van der Waals surface area contributed by atoms with Crippen LogP contribution in [0, 0.1) is 5.92 Å². The van der Waals surface area contributed by atoms with Crippen LogP contribution in [0.4, 0.5) is 10.5 Å². The Labute approximate surface area is 159 Å². The van der Waals surface area contributed by atoms with Crippen molar-refractivity contribution in [2.45, 2.75) is 19.3 Å². The molecule has 0 atom stereocenters. The van der Waals surface area contributed by atoms with Crippen LogP contribution in [0.25, 0.3) is 0 Å². The lowest BCUT2D eigenvalue weighted by molar-refractivity contribution is -0.120. The van der Waals surface area contributed by atoms with E-state index in [2.05, 4.69) is 10.6 Å². The highest BCUT2D eigenvalue weighted by atomic mass is 35.5. The Hall–Kier alpha value is -2.12. The molecule has 0 saturated carbocycles. The average Bonchev–Trinajstić information content (AvgIpc) is 2.62. The molecule has 2 saturated heterocycles. The molecule has 2 heterocycles. The summed E-state index contributed by atoms with van der Waals surface area (Å²) in [6.07, 6.45) is 2.33. The summed E-state index contributed by atoms with van der Waals surface area (Å²) in [6, 6.07) is 6.61. The van der Waals surface area contributed by atoms with Gasteiger partial charge < -0.3 is 10.2 Å². The van der Waals surface area contributed by atoms with Crippen LogP contribution in [0.1, 0.15) is 29.6 Å². The molecule has 1 aromatic carbocycles. The lowest BCUT2D eigenvalue weighted by Crippen LogP contribution is -2.49. The van der Waals surface area contributed by atoms with Gasteiger partial charge in [-0.1, -0.05) is 0 Å². The van der Waals surface area contributed by atoms with E-state index in [9.17, 15) is 14.4 Å². The van der Waals surface area contributed by atoms with Gasteiger partial charge in [-0.3, -0.25) is 19.8 Å². The predicted molar refractivity (Wildman–Crippen MR) is 102 cm³/mol. The molecule has 0 radical (unpaired) electrons. The molecule has 0 aliphatic carbocycles. The molecule has 2 aliphatic rings. The van der Waals surface area contributed by atoms with Crippen molar-refractivity contribution in [1.82, 2.24) is 15.5 Å². The highest BCUT2D eigenvalue weighted by Gasteiger charge is 2.26. The lowest BCUT2D eigenvalue weighted by atomic mass is 9.96. The van der Waals surface area contributed by atoms with Gasteiger partial charge in [0.25, 0.3) is 5.91 Å². The third kappa shape index (κ3) is 4.53. The summed E-state index contributed by atoms with van der Waals surface area (Å²) in [4.78, 5) is 39.1. The highest BCUT2D eigenvalue weighted by molar-refractivity contribution is 6.05. The van der Waals surface area contributed by atoms with Crippen LogP contribution in [0.2, 0.25) is 0 Å². The molecule has 1 aromatic rings. The van der Waals surface area contributed by atoms with Crippen molar-refractivity contribution in [3.63, 3.8) is 0 Å². The molecular weight excluding hydrogens is 356 g/mol. The number of rotatable bonds is 4. The van der Waals surface area contributed by atoms with Crippen LogP contribution < -0.4 is 15.5 Å². The van der Waals surface area contributed by atoms with E-state index in [1.54, 1.807) is 24.3 Å².